The Balaban J connectivity index is 1.93. The van der Waals surface area contributed by atoms with Crippen molar-refractivity contribution in [2.75, 3.05) is 5.33 Å². The highest BCUT2D eigenvalue weighted by Gasteiger charge is 2.10. The van der Waals surface area contributed by atoms with Gasteiger partial charge in [0, 0.05) is 11.8 Å². The molecule has 0 unspecified atom stereocenters. The monoisotopic (exact) mass is 206 g/mol. The fourth-order valence-electron chi connectivity index (χ4n) is 0.813. The topological polar surface area (TPSA) is 18.5 Å². The zero-order chi connectivity index (χ0) is 7.23. The number of alkyl halides is 1. The molecule has 0 aromatic rings. The van der Waals surface area contributed by atoms with Gasteiger partial charge in [-0.3, -0.25) is 0 Å². The second kappa shape index (κ2) is 4.61. The summed E-state index contributed by atoms with van der Waals surface area (Å²) in [5.41, 5.74) is 0. The minimum Gasteiger partial charge on any atom is -0.459 e. The number of unbranched alkanes of at least 4 members (excludes halogenated alkanes) is 1. The van der Waals surface area contributed by atoms with Crippen molar-refractivity contribution in [2.24, 2.45) is 0 Å². The molecule has 0 fully saturated rings. The van der Waals surface area contributed by atoms with E-state index in [1.807, 2.05) is 0 Å². The summed E-state index contributed by atoms with van der Waals surface area (Å²) in [6.45, 7) is 0. The van der Waals surface area contributed by atoms with E-state index in [0.29, 0.717) is 0 Å². The zero-order valence-electron chi connectivity index (χ0n) is 5.75. The van der Waals surface area contributed by atoms with Gasteiger partial charge in [0.15, 0.2) is 0 Å². The van der Waals surface area contributed by atoms with E-state index in [-0.39, 0.29) is 6.29 Å². The molecule has 0 bridgehead atoms. The first-order valence-electron chi connectivity index (χ1n) is 3.45. The van der Waals surface area contributed by atoms with Crippen LogP contribution in [-0.4, -0.2) is 11.6 Å². The minimum atomic E-state index is -0.0148. The van der Waals surface area contributed by atoms with Crippen molar-refractivity contribution in [1.82, 2.24) is 0 Å². The number of halogens is 1. The van der Waals surface area contributed by atoms with E-state index in [1.54, 1.807) is 12.5 Å². The van der Waals surface area contributed by atoms with Crippen molar-refractivity contribution in [3.05, 3.63) is 12.5 Å². The highest BCUT2D eigenvalue weighted by atomic mass is 79.9. The normalized spacial score (nSPS) is 16.9. The molecule has 0 saturated heterocycles. The Morgan fingerprint density at radius 1 is 1.20 bits per heavy atom. The summed E-state index contributed by atoms with van der Waals surface area (Å²) in [4.78, 5) is 0. The summed E-state index contributed by atoms with van der Waals surface area (Å²) in [5.74, 6) is 0. The quantitative estimate of drug-likeness (QED) is 0.520. The summed E-state index contributed by atoms with van der Waals surface area (Å²) in [5, 5.41) is 1.06. The highest BCUT2D eigenvalue weighted by Crippen LogP contribution is 2.12. The lowest BCUT2D eigenvalue weighted by molar-refractivity contribution is -0.0291. The molecular weight excluding hydrogens is 196 g/mol. The van der Waals surface area contributed by atoms with Crippen LogP contribution in [0, 0.1) is 0 Å². The van der Waals surface area contributed by atoms with E-state index in [0.717, 1.165) is 18.2 Å². The van der Waals surface area contributed by atoms with Gasteiger partial charge >= 0.3 is 0 Å². The number of hydrogen-bond donors (Lipinski definition) is 0. The van der Waals surface area contributed by atoms with Gasteiger partial charge in [0.25, 0.3) is 0 Å². The van der Waals surface area contributed by atoms with Crippen LogP contribution in [0.4, 0.5) is 0 Å². The maximum Gasteiger partial charge on any atom is 0.239 e. The van der Waals surface area contributed by atoms with E-state index < -0.39 is 0 Å². The van der Waals surface area contributed by atoms with E-state index in [2.05, 4.69) is 15.9 Å². The fraction of sp³-hybridized carbons (Fsp3) is 0.714. The smallest absolute Gasteiger partial charge is 0.239 e. The van der Waals surface area contributed by atoms with Gasteiger partial charge in [-0.15, -0.1) is 0 Å². The Bertz CT molecular complexity index is 106. The summed E-state index contributed by atoms with van der Waals surface area (Å²) in [6, 6.07) is 0. The average Bonchev–Trinajstić information content (AvgIpc) is 2.41. The van der Waals surface area contributed by atoms with E-state index >= 15 is 0 Å². The number of hydrogen-bond acceptors (Lipinski definition) is 2. The van der Waals surface area contributed by atoms with Crippen molar-refractivity contribution in [3.8, 4) is 0 Å². The van der Waals surface area contributed by atoms with Gasteiger partial charge in [0.2, 0.25) is 6.29 Å². The molecule has 1 aliphatic rings. The second-order valence-electron chi connectivity index (χ2n) is 2.16. The number of ether oxygens (including phenoxy) is 2. The Hall–Kier alpha value is -0.180. The van der Waals surface area contributed by atoms with Crippen molar-refractivity contribution in [2.45, 2.75) is 25.6 Å². The van der Waals surface area contributed by atoms with E-state index in [4.69, 9.17) is 9.47 Å². The van der Waals surface area contributed by atoms with E-state index in [9.17, 15) is 0 Å². The Kier molecular flexibility index (Phi) is 3.65. The molecule has 1 rings (SSSR count). The third-order valence-corrected chi connectivity index (χ3v) is 1.90. The first-order valence-corrected chi connectivity index (χ1v) is 4.57. The first-order chi connectivity index (χ1) is 4.93. The fourth-order valence-corrected chi connectivity index (χ4v) is 1.21. The SMILES string of the molecule is BrCCCCC1OC=CO1. The van der Waals surface area contributed by atoms with Crippen LogP contribution < -0.4 is 0 Å². The summed E-state index contributed by atoms with van der Waals surface area (Å²) >= 11 is 3.36. The Morgan fingerprint density at radius 2 is 1.90 bits per heavy atom. The third-order valence-electron chi connectivity index (χ3n) is 1.34. The van der Waals surface area contributed by atoms with Crippen LogP contribution in [0.2, 0.25) is 0 Å². The number of rotatable bonds is 4. The maximum absolute atomic E-state index is 5.08. The molecule has 0 radical (unpaired) electrons. The van der Waals surface area contributed by atoms with Crippen LogP contribution >= 0.6 is 15.9 Å². The summed E-state index contributed by atoms with van der Waals surface area (Å²) in [6.07, 6.45) is 6.50. The minimum absolute atomic E-state index is 0.0148. The van der Waals surface area contributed by atoms with Gasteiger partial charge in [-0.2, -0.15) is 0 Å². The van der Waals surface area contributed by atoms with Crippen LogP contribution in [-0.2, 0) is 9.47 Å². The molecule has 0 aromatic carbocycles. The van der Waals surface area contributed by atoms with Crippen LogP contribution in [0.3, 0.4) is 0 Å². The molecule has 0 aromatic heterocycles. The van der Waals surface area contributed by atoms with Crippen molar-refractivity contribution >= 4 is 15.9 Å². The van der Waals surface area contributed by atoms with Crippen molar-refractivity contribution < 1.29 is 9.47 Å². The Labute approximate surface area is 69.3 Å². The highest BCUT2D eigenvalue weighted by molar-refractivity contribution is 9.09. The average molecular weight is 207 g/mol. The van der Waals surface area contributed by atoms with Crippen molar-refractivity contribution in [1.29, 1.82) is 0 Å². The summed E-state index contributed by atoms with van der Waals surface area (Å²) < 4.78 is 10.2. The van der Waals surface area contributed by atoms with Gasteiger partial charge in [-0.1, -0.05) is 15.9 Å². The predicted octanol–water partition coefficient (Wildman–Crippen LogP) is 2.40. The molecule has 0 saturated carbocycles. The molecule has 1 aliphatic heterocycles. The molecule has 2 nitrogen and oxygen atoms in total. The Morgan fingerprint density at radius 3 is 2.50 bits per heavy atom. The lowest BCUT2D eigenvalue weighted by Crippen LogP contribution is -2.06. The van der Waals surface area contributed by atoms with E-state index in [1.165, 1.54) is 6.42 Å². The molecule has 58 valence electrons. The zero-order valence-corrected chi connectivity index (χ0v) is 7.34. The molecule has 3 heteroatoms. The molecule has 1 heterocycles. The van der Waals surface area contributed by atoms with Crippen LogP contribution in [0.25, 0.3) is 0 Å². The van der Waals surface area contributed by atoms with Crippen LogP contribution in [0.1, 0.15) is 19.3 Å². The first kappa shape index (κ1) is 7.92. The van der Waals surface area contributed by atoms with Gasteiger partial charge in [-0.25, -0.2) is 0 Å². The van der Waals surface area contributed by atoms with Gasteiger partial charge in [-0.05, 0) is 12.8 Å². The van der Waals surface area contributed by atoms with Gasteiger partial charge < -0.3 is 9.47 Å². The van der Waals surface area contributed by atoms with Gasteiger partial charge in [0.1, 0.15) is 12.5 Å². The standard InChI is InChI=1S/C7H11BrO2/c8-4-2-1-3-7-9-5-6-10-7/h5-7H,1-4H2. The maximum atomic E-state index is 5.08. The van der Waals surface area contributed by atoms with Crippen LogP contribution in [0.5, 0.6) is 0 Å². The molecule has 10 heavy (non-hydrogen) atoms. The summed E-state index contributed by atoms with van der Waals surface area (Å²) in [7, 11) is 0. The second-order valence-corrected chi connectivity index (χ2v) is 2.95. The third kappa shape index (κ3) is 2.60. The van der Waals surface area contributed by atoms with Crippen molar-refractivity contribution in [3.63, 3.8) is 0 Å². The lowest BCUT2D eigenvalue weighted by Gasteiger charge is -2.08. The largest absolute Gasteiger partial charge is 0.459 e. The van der Waals surface area contributed by atoms with Crippen LogP contribution in [0.15, 0.2) is 12.5 Å². The molecule has 0 N–H and O–H groups in total. The molecular formula is C7H11BrO2. The predicted molar refractivity (Wildman–Crippen MR) is 42.7 cm³/mol. The lowest BCUT2D eigenvalue weighted by atomic mass is 10.2. The molecule has 0 amide bonds. The van der Waals surface area contributed by atoms with Gasteiger partial charge in [0.05, 0.1) is 0 Å². The molecule has 0 atom stereocenters. The molecule has 0 aliphatic carbocycles. The molecule has 0 spiro atoms.